The maximum absolute atomic E-state index is 5.87. The molecule has 1 atom stereocenters. The van der Waals surface area contributed by atoms with E-state index in [2.05, 4.69) is 46.3 Å². The maximum Gasteiger partial charge on any atom is 0.120 e. The van der Waals surface area contributed by atoms with Crippen molar-refractivity contribution in [3.05, 3.63) is 65.2 Å². The molecule has 2 aromatic rings. The second-order valence-electron chi connectivity index (χ2n) is 5.04. The minimum atomic E-state index is 0.635. The molecule has 1 aliphatic rings. The third-order valence-electron chi connectivity index (χ3n) is 3.59. The molecular weight excluding hydrogens is 300 g/mol. The van der Waals surface area contributed by atoms with Crippen LogP contribution in [0, 0.1) is 0 Å². The molecule has 2 aromatic carbocycles. The molecule has 0 saturated heterocycles. The van der Waals surface area contributed by atoms with Gasteiger partial charge < -0.3 is 4.74 Å². The van der Waals surface area contributed by atoms with Gasteiger partial charge in [-0.1, -0.05) is 52.3 Å². The molecule has 19 heavy (non-hydrogen) atoms. The largest absolute Gasteiger partial charge is 0.489 e. The molecular formula is C17H17BrO. The van der Waals surface area contributed by atoms with Crippen LogP contribution in [0.5, 0.6) is 5.75 Å². The molecule has 0 fully saturated rings. The molecule has 1 nitrogen and oxygen atoms in total. The van der Waals surface area contributed by atoms with E-state index in [9.17, 15) is 0 Å². The lowest BCUT2D eigenvalue weighted by Crippen LogP contribution is -2.13. The SMILES string of the molecule is BrC1CCc2cc(OCc3ccccc3)ccc2C1. The lowest BCUT2D eigenvalue weighted by molar-refractivity contribution is 0.305. The fraction of sp³-hybridized carbons (Fsp3) is 0.294. The Morgan fingerprint density at radius 2 is 1.89 bits per heavy atom. The highest BCUT2D eigenvalue weighted by molar-refractivity contribution is 9.09. The first-order valence-electron chi connectivity index (χ1n) is 6.74. The van der Waals surface area contributed by atoms with Crippen molar-refractivity contribution < 1.29 is 4.74 Å². The highest BCUT2D eigenvalue weighted by Gasteiger charge is 2.16. The predicted octanol–water partition coefficient (Wildman–Crippen LogP) is 4.52. The first kappa shape index (κ1) is 12.7. The fourth-order valence-corrected chi connectivity index (χ4v) is 3.10. The molecule has 0 heterocycles. The van der Waals surface area contributed by atoms with Gasteiger partial charge in [-0.3, -0.25) is 0 Å². The fourth-order valence-electron chi connectivity index (χ4n) is 2.52. The van der Waals surface area contributed by atoms with Crippen LogP contribution in [0.2, 0.25) is 0 Å². The van der Waals surface area contributed by atoms with Crippen LogP contribution < -0.4 is 4.74 Å². The summed E-state index contributed by atoms with van der Waals surface area (Å²) in [5, 5.41) is 0. The van der Waals surface area contributed by atoms with Gasteiger partial charge in [-0.05, 0) is 48.1 Å². The van der Waals surface area contributed by atoms with Gasteiger partial charge in [-0.15, -0.1) is 0 Å². The Hall–Kier alpha value is -1.28. The van der Waals surface area contributed by atoms with Gasteiger partial charge >= 0.3 is 0 Å². The van der Waals surface area contributed by atoms with E-state index >= 15 is 0 Å². The van der Waals surface area contributed by atoms with Crippen molar-refractivity contribution in [3.8, 4) is 5.75 Å². The standard InChI is InChI=1S/C17H17BrO/c18-16-8-6-15-11-17(9-7-14(15)10-16)19-12-13-4-2-1-3-5-13/h1-5,7,9,11,16H,6,8,10,12H2. The summed E-state index contributed by atoms with van der Waals surface area (Å²) in [6.45, 7) is 0.640. The molecule has 0 saturated carbocycles. The number of hydrogen-bond acceptors (Lipinski definition) is 1. The Labute approximate surface area is 122 Å². The van der Waals surface area contributed by atoms with E-state index in [0.717, 1.165) is 18.6 Å². The van der Waals surface area contributed by atoms with Gasteiger partial charge in [-0.25, -0.2) is 0 Å². The second-order valence-corrected chi connectivity index (χ2v) is 6.34. The minimum absolute atomic E-state index is 0.635. The zero-order valence-corrected chi connectivity index (χ0v) is 12.4. The first-order valence-corrected chi connectivity index (χ1v) is 7.65. The Morgan fingerprint density at radius 1 is 1.05 bits per heavy atom. The topological polar surface area (TPSA) is 9.23 Å². The van der Waals surface area contributed by atoms with Gasteiger partial charge in [0.2, 0.25) is 0 Å². The summed E-state index contributed by atoms with van der Waals surface area (Å²) < 4.78 is 5.87. The number of fused-ring (bicyclic) bond motifs is 1. The zero-order valence-electron chi connectivity index (χ0n) is 10.8. The summed E-state index contributed by atoms with van der Waals surface area (Å²) in [4.78, 5) is 0.635. The van der Waals surface area contributed by atoms with E-state index in [-0.39, 0.29) is 0 Å². The van der Waals surface area contributed by atoms with Gasteiger partial charge in [0.15, 0.2) is 0 Å². The van der Waals surface area contributed by atoms with E-state index in [1.165, 1.54) is 23.1 Å². The van der Waals surface area contributed by atoms with Crippen molar-refractivity contribution in [2.75, 3.05) is 0 Å². The van der Waals surface area contributed by atoms with Crippen LogP contribution in [0.15, 0.2) is 48.5 Å². The summed E-state index contributed by atoms with van der Waals surface area (Å²) in [6, 6.07) is 16.8. The summed E-state index contributed by atoms with van der Waals surface area (Å²) in [6.07, 6.45) is 3.50. The van der Waals surface area contributed by atoms with Crippen LogP contribution in [-0.4, -0.2) is 4.83 Å². The van der Waals surface area contributed by atoms with Crippen molar-refractivity contribution in [1.82, 2.24) is 0 Å². The second kappa shape index (κ2) is 5.79. The molecule has 0 amide bonds. The number of benzene rings is 2. The summed E-state index contributed by atoms with van der Waals surface area (Å²) in [5.41, 5.74) is 4.11. The Balaban J connectivity index is 1.69. The Kier molecular flexibility index (Phi) is 3.88. The number of alkyl halides is 1. The Bertz CT molecular complexity index is 550. The number of halogens is 1. The zero-order chi connectivity index (χ0) is 13.1. The molecule has 0 aliphatic heterocycles. The predicted molar refractivity (Wildman–Crippen MR) is 82.0 cm³/mol. The van der Waals surface area contributed by atoms with Gasteiger partial charge in [0.1, 0.15) is 12.4 Å². The Morgan fingerprint density at radius 3 is 2.74 bits per heavy atom. The van der Waals surface area contributed by atoms with E-state index in [0.29, 0.717) is 11.4 Å². The lowest BCUT2D eigenvalue weighted by Gasteiger charge is -2.21. The van der Waals surface area contributed by atoms with Crippen LogP contribution in [0.4, 0.5) is 0 Å². The normalized spacial score (nSPS) is 17.8. The summed E-state index contributed by atoms with van der Waals surface area (Å²) in [5.74, 6) is 0.982. The highest BCUT2D eigenvalue weighted by atomic mass is 79.9. The molecule has 3 rings (SSSR count). The third-order valence-corrected chi connectivity index (χ3v) is 4.38. The molecule has 0 N–H and O–H groups in total. The monoisotopic (exact) mass is 316 g/mol. The van der Waals surface area contributed by atoms with Crippen LogP contribution in [0.1, 0.15) is 23.1 Å². The third kappa shape index (κ3) is 3.19. The minimum Gasteiger partial charge on any atom is -0.489 e. The molecule has 1 unspecified atom stereocenters. The van der Waals surface area contributed by atoms with E-state index < -0.39 is 0 Å². The molecule has 0 aromatic heterocycles. The molecule has 0 bridgehead atoms. The van der Waals surface area contributed by atoms with Crippen LogP contribution in [-0.2, 0) is 19.4 Å². The first-order chi connectivity index (χ1) is 9.31. The molecule has 98 valence electrons. The van der Waals surface area contributed by atoms with Crippen molar-refractivity contribution in [3.63, 3.8) is 0 Å². The number of aryl methyl sites for hydroxylation is 1. The van der Waals surface area contributed by atoms with Crippen molar-refractivity contribution >= 4 is 15.9 Å². The maximum atomic E-state index is 5.87. The molecule has 1 aliphatic carbocycles. The lowest BCUT2D eigenvalue weighted by atomic mass is 9.91. The number of rotatable bonds is 3. The van der Waals surface area contributed by atoms with Crippen molar-refractivity contribution in [2.24, 2.45) is 0 Å². The summed E-state index contributed by atoms with van der Waals surface area (Å²) >= 11 is 3.71. The highest BCUT2D eigenvalue weighted by Crippen LogP contribution is 2.28. The van der Waals surface area contributed by atoms with Crippen LogP contribution in [0.25, 0.3) is 0 Å². The van der Waals surface area contributed by atoms with Gasteiger partial charge in [0.25, 0.3) is 0 Å². The van der Waals surface area contributed by atoms with Crippen molar-refractivity contribution in [1.29, 1.82) is 0 Å². The number of hydrogen-bond donors (Lipinski definition) is 0. The molecule has 0 spiro atoms. The van der Waals surface area contributed by atoms with Crippen molar-refractivity contribution in [2.45, 2.75) is 30.7 Å². The van der Waals surface area contributed by atoms with Crippen LogP contribution in [0.3, 0.4) is 0 Å². The van der Waals surface area contributed by atoms with Gasteiger partial charge in [0.05, 0.1) is 0 Å². The van der Waals surface area contributed by atoms with Gasteiger partial charge in [0, 0.05) is 4.83 Å². The summed E-state index contributed by atoms with van der Waals surface area (Å²) in [7, 11) is 0. The smallest absolute Gasteiger partial charge is 0.120 e. The number of ether oxygens (including phenoxy) is 1. The van der Waals surface area contributed by atoms with E-state index in [4.69, 9.17) is 4.74 Å². The molecule has 2 heteroatoms. The quantitative estimate of drug-likeness (QED) is 0.757. The average molecular weight is 317 g/mol. The van der Waals surface area contributed by atoms with E-state index in [1.807, 2.05) is 18.2 Å². The molecule has 0 radical (unpaired) electrons. The van der Waals surface area contributed by atoms with E-state index in [1.54, 1.807) is 0 Å². The van der Waals surface area contributed by atoms with Crippen LogP contribution >= 0.6 is 15.9 Å². The van der Waals surface area contributed by atoms with Gasteiger partial charge in [-0.2, -0.15) is 0 Å². The average Bonchev–Trinajstić information content (AvgIpc) is 2.46.